The minimum Gasteiger partial charge on any atom is -0.338 e. The lowest BCUT2D eigenvalue weighted by Gasteiger charge is -2.11. The van der Waals surface area contributed by atoms with Gasteiger partial charge in [-0.15, -0.1) is 0 Å². The molecule has 0 bridgehead atoms. The number of halogens is 3. The lowest BCUT2D eigenvalue weighted by atomic mass is 10.1. The van der Waals surface area contributed by atoms with E-state index in [1.165, 1.54) is 19.1 Å². The fraction of sp³-hybridized carbons (Fsp3) is 0.111. The van der Waals surface area contributed by atoms with Gasteiger partial charge in [0.15, 0.2) is 22.8 Å². The van der Waals surface area contributed by atoms with Crippen molar-refractivity contribution in [2.24, 2.45) is 0 Å². The van der Waals surface area contributed by atoms with Crippen LogP contribution in [-0.4, -0.2) is 25.4 Å². The Labute approximate surface area is 210 Å². The number of hydrogen-bond acceptors (Lipinski definition) is 5. The number of imidazole rings is 1. The Kier molecular flexibility index (Phi) is 6.31. The number of anilines is 3. The molecular formula is C27H21F3N6O. The van der Waals surface area contributed by atoms with Crippen molar-refractivity contribution in [3.05, 3.63) is 96.3 Å². The maximum Gasteiger partial charge on any atom is 0.416 e. The normalized spacial score (nSPS) is 11.5. The van der Waals surface area contributed by atoms with E-state index in [-0.39, 0.29) is 12.5 Å². The highest BCUT2D eigenvalue weighted by Gasteiger charge is 2.30. The summed E-state index contributed by atoms with van der Waals surface area (Å²) in [6.45, 7) is 1.72. The molecule has 7 nitrogen and oxygen atoms in total. The highest BCUT2D eigenvalue weighted by molar-refractivity contribution is 5.90. The van der Waals surface area contributed by atoms with Crippen molar-refractivity contribution in [2.75, 3.05) is 10.6 Å². The average Bonchev–Trinajstić information content (AvgIpc) is 3.28. The Morgan fingerprint density at radius 2 is 1.57 bits per heavy atom. The van der Waals surface area contributed by atoms with Gasteiger partial charge >= 0.3 is 6.18 Å². The Morgan fingerprint density at radius 3 is 2.22 bits per heavy atom. The molecule has 0 unspecified atom stereocenters. The first-order valence-electron chi connectivity index (χ1n) is 11.4. The molecule has 5 aromatic rings. The second-order valence-electron chi connectivity index (χ2n) is 8.38. The first-order valence-corrected chi connectivity index (χ1v) is 11.4. The van der Waals surface area contributed by atoms with Crippen molar-refractivity contribution < 1.29 is 18.0 Å². The molecule has 10 heteroatoms. The van der Waals surface area contributed by atoms with Crippen molar-refractivity contribution in [3.63, 3.8) is 0 Å². The number of amides is 1. The quantitative estimate of drug-likeness (QED) is 0.286. The Balaban J connectivity index is 1.52. The number of hydrogen-bond donors (Lipinski definition) is 2. The molecule has 2 N–H and O–H groups in total. The van der Waals surface area contributed by atoms with Crippen LogP contribution in [0.2, 0.25) is 0 Å². The van der Waals surface area contributed by atoms with Crippen LogP contribution in [0.4, 0.5) is 30.4 Å². The molecule has 2 heterocycles. The predicted molar refractivity (Wildman–Crippen MR) is 135 cm³/mol. The van der Waals surface area contributed by atoms with E-state index < -0.39 is 11.7 Å². The number of fused-ring (bicyclic) bond motifs is 1. The van der Waals surface area contributed by atoms with Crippen LogP contribution in [-0.2, 0) is 17.5 Å². The molecule has 37 heavy (non-hydrogen) atoms. The zero-order valence-corrected chi connectivity index (χ0v) is 19.6. The van der Waals surface area contributed by atoms with E-state index in [2.05, 4.69) is 15.6 Å². The molecule has 0 spiro atoms. The van der Waals surface area contributed by atoms with Crippen molar-refractivity contribution in [2.45, 2.75) is 19.6 Å². The third-order valence-electron chi connectivity index (χ3n) is 5.60. The second kappa shape index (κ2) is 9.73. The van der Waals surface area contributed by atoms with Gasteiger partial charge in [-0.2, -0.15) is 13.2 Å². The number of rotatable bonds is 6. The molecule has 3 aromatic carbocycles. The van der Waals surface area contributed by atoms with Crippen molar-refractivity contribution in [1.82, 2.24) is 19.5 Å². The van der Waals surface area contributed by atoms with Gasteiger partial charge in [-0.25, -0.2) is 15.0 Å². The molecule has 1 amide bonds. The third kappa shape index (κ3) is 5.43. The number of benzene rings is 3. The predicted octanol–water partition coefficient (Wildman–Crippen LogP) is 6.26. The third-order valence-corrected chi connectivity index (χ3v) is 5.60. The summed E-state index contributed by atoms with van der Waals surface area (Å²) in [7, 11) is 0. The van der Waals surface area contributed by atoms with Crippen LogP contribution in [0.5, 0.6) is 0 Å². The molecule has 186 valence electrons. The van der Waals surface area contributed by atoms with Crippen LogP contribution in [0.1, 0.15) is 18.1 Å². The van der Waals surface area contributed by atoms with Crippen LogP contribution >= 0.6 is 0 Å². The Bertz CT molecular complexity index is 1550. The minimum absolute atomic E-state index is 0.163. The fourth-order valence-corrected chi connectivity index (χ4v) is 3.84. The SMILES string of the molecule is CC(=O)Nc1ccc(Nc2nc(-c3ccccc3)nc3c2ncn3Cc2ccc(C(F)(F)F)cc2)cc1. The highest BCUT2D eigenvalue weighted by Crippen LogP contribution is 2.30. The fourth-order valence-electron chi connectivity index (χ4n) is 3.84. The zero-order valence-electron chi connectivity index (χ0n) is 19.6. The molecule has 0 radical (unpaired) electrons. The lowest BCUT2D eigenvalue weighted by Crippen LogP contribution is -2.06. The molecule has 0 saturated carbocycles. The number of carbonyl (C=O) groups excluding carboxylic acids is 1. The van der Waals surface area contributed by atoms with Crippen LogP contribution in [0.15, 0.2) is 85.2 Å². The molecular weight excluding hydrogens is 481 g/mol. The van der Waals surface area contributed by atoms with Gasteiger partial charge in [-0.1, -0.05) is 42.5 Å². The average molecular weight is 503 g/mol. The van der Waals surface area contributed by atoms with Gasteiger partial charge in [0.05, 0.1) is 18.4 Å². The first kappa shape index (κ1) is 24.0. The monoisotopic (exact) mass is 502 g/mol. The molecule has 0 aliphatic carbocycles. The molecule has 0 aliphatic rings. The Hall–Kier alpha value is -4.73. The van der Waals surface area contributed by atoms with Gasteiger partial charge in [0, 0.05) is 23.9 Å². The van der Waals surface area contributed by atoms with Gasteiger partial charge in [-0.3, -0.25) is 4.79 Å². The maximum absolute atomic E-state index is 13.0. The number of alkyl halides is 3. The second-order valence-corrected chi connectivity index (χ2v) is 8.38. The minimum atomic E-state index is -4.39. The van der Waals surface area contributed by atoms with Gasteiger partial charge in [-0.05, 0) is 42.0 Å². The van der Waals surface area contributed by atoms with Gasteiger partial charge in [0.1, 0.15) is 0 Å². The van der Waals surface area contributed by atoms with Crippen molar-refractivity contribution >= 4 is 34.3 Å². The number of nitrogens with zero attached hydrogens (tertiary/aromatic N) is 4. The molecule has 2 aromatic heterocycles. The van der Waals surface area contributed by atoms with Gasteiger partial charge in [0.25, 0.3) is 0 Å². The summed E-state index contributed by atoms with van der Waals surface area (Å²) in [4.78, 5) is 25.2. The van der Waals surface area contributed by atoms with Crippen molar-refractivity contribution in [1.29, 1.82) is 0 Å². The van der Waals surface area contributed by atoms with Crippen LogP contribution in [0, 0.1) is 0 Å². The number of carbonyl (C=O) groups is 1. The summed E-state index contributed by atoms with van der Waals surface area (Å²) < 4.78 is 40.6. The van der Waals surface area contributed by atoms with Crippen LogP contribution in [0.3, 0.4) is 0 Å². The topological polar surface area (TPSA) is 84.7 Å². The summed E-state index contributed by atoms with van der Waals surface area (Å²) in [5.41, 5.74) is 3.22. The zero-order chi connectivity index (χ0) is 26.0. The summed E-state index contributed by atoms with van der Waals surface area (Å²) >= 11 is 0. The highest BCUT2D eigenvalue weighted by atomic mass is 19.4. The molecule has 0 saturated heterocycles. The van der Waals surface area contributed by atoms with E-state index in [1.54, 1.807) is 35.2 Å². The van der Waals surface area contributed by atoms with E-state index in [4.69, 9.17) is 9.97 Å². The molecule has 5 rings (SSSR count). The summed E-state index contributed by atoms with van der Waals surface area (Å²) in [6.07, 6.45) is -2.80. The molecule has 0 fully saturated rings. The first-order chi connectivity index (χ1) is 17.8. The summed E-state index contributed by atoms with van der Waals surface area (Å²) in [5, 5.41) is 6.00. The maximum atomic E-state index is 13.0. The standard InChI is InChI=1S/C27H21F3N6O/c1-17(37)32-21-11-13-22(14-12-21)33-25-23-26(35-24(34-25)19-5-3-2-4-6-19)36(16-31-23)15-18-7-9-20(10-8-18)27(28,29)30/h2-14,16H,15H2,1H3,(H,32,37)(H,33,34,35). The van der Waals surface area contributed by atoms with Gasteiger partial charge in [0.2, 0.25) is 5.91 Å². The van der Waals surface area contributed by atoms with Crippen molar-refractivity contribution in [3.8, 4) is 11.4 Å². The van der Waals surface area contributed by atoms with E-state index in [0.717, 1.165) is 23.4 Å². The summed E-state index contributed by atoms with van der Waals surface area (Å²) in [5.74, 6) is 0.784. The van der Waals surface area contributed by atoms with E-state index in [0.29, 0.717) is 34.1 Å². The van der Waals surface area contributed by atoms with E-state index in [9.17, 15) is 18.0 Å². The molecule has 0 aliphatic heterocycles. The Morgan fingerprint density at radius 1 is 0.892 bits per heavy atom. The van der Waals surface area contributed by atoms with Gasteiger partial charge < -0.3 is 15.2 Å². The molecule has 0 atom stereocenters. The smallest absolute Gasteiger partial charge is 0.338 e. The largest absolute Gasteiger partial charge is 0.416 e. The van der Waals surface area contributed by atoms with Crippen LogP contribution in [0.25, 0.3) is 22.6 Å². The van der Waals surface area contributed by atoms with Crippen LogP contribution < -0.4 is 10.6 Å². The van der Waals surface area contributed by atoms with E-state index in [1.807, 2.05) is 30.3 Å². The summed E-state index contributed by atoms with van der Waals surface area (Å²) in [6, 6.07) is 21.6. The van der Waals surface area contributed by atoms with E-state index >= 15 is 0 Å². The number of aromatic nitrogens is 4. The lowest BCUT2D eigenvalue weighted by molar-refractivity contribution is -0.137. The number of nitrogens with one attached hydrogen (secondary N) is 2.